The van der Waals surface area contributed by atoms with Gasteiger partial charge in [-0.25, -0.2) is 0 Å². The van der Waals surface area contributed by atoms with E-state index in [0.717, 1.165) is 43.0 Å². The van der Waals surface area contributed by atoms with Crippen LogP contribution in [0.4, 0.5) is 0 Å². The Morgan fingerprint density at radius 1 is 1.23 bits per heavy atom. The molecule has 1 aromatic carbocycles. The molecular formula is C19H22N2O. The maximum absolute atomic E-state index is 5.97. The van der Waals surface area contributed by atoms with Gasteiger partial charge in [0.1, 0.15) is 12.4 Å². The molecule has 0 spiro atoms. The summed E-state index contributed by atoms with van der Waals surface area (Å²) in [5.41, 5.74) is 6.00. The second-order valence-corrected chi connectivity index (χ2v) is 5.53. The van der Waals surface area contributed by atoms with Crippen LogP contribution >= 0.6 is 0 Å². The van der Waals surface area contributed by atoms with Gasteiger partial charge in [-0.3, -0.25) is 4.99 Å². The van der Waals surface area contributed by atoms with Crippen molar-refractivity contribution in [2.24, 2.45) is 4.99 Å². The van der Waals surface area contributed by atoms with Crippen LogP contribution in [0, 0.1) is 0 Å². The molecule has 114 valence electrons. The summed E-state index contributed by atoms with van der Waals surface area (Å²) in [6, 6.07) is 8.28. The minimum absolute atomic E-state index is 0.467. The largest absolute Gasteiger partial charge is 0.487 e. The second-order valence-electron chi connectivity index (χ2n) is 5.53. The van der Waals surface area contributed by atoms with Gasteiger partial charge in [0.05, 0.1) is 5.70 Å². The van der Waals surface area contributed by atoms with Crippen LogP contribution in [0.1, 0.15) is 25.3 Å². The summed E-state index contributed by atoms with van der Waals surface area (Å²) in [5, 5.41) is 3.43. The first-order valence-corrected chi connectivity index (χ1v) is 7.83. The van der Waals surface area contributed by atoms with E-state index in [4.69, 9.17) is 4.74 Å². The number of para-hydroxylation sites is 1. The van der Waals surface area contributed by atoms with E-state index in [1.807, 2.05) is 19.1 Å². The molecule has 0 aliphatic carbocycles. The van der Waals surface area contributed by atoms with E-state index in [1.165, 1.54) is 16.7 Å². The van der Waals surface area contributed by atoms with Crippen LogP contribution in [-0.4, -0.2) is 26.4 Å². The Bertz CT molecular complexity index is 660. The average Bonchev–Trinajstić information content (AvgIpc) is 2.73. The van der Waals surface area contributed by atoms with Crippen molar-refractivity contribution in [2.45, 2.75) is 19.8 Å². The highest BCUT2D eigenvalue weighted by Gasteiger charge is 2.23. The number of benzene rings is 1. The summed E-state index contributed by atoms with van der Waals surface area (Å²) in [6.07, 6.45) is 6.33. The Balaban J connectivity index is 2.26. The van der Waals surface area contributed by atoms with Crippen LogP contribution in [0.3, 0.4) is 0 Å². The normalized spacial score (nSPS) is 19.0. The number of rotatable bonds is 2. The third-order valence-electron chi connectivity index (χ3n) is 4.19. The van der Waals surface area contributed by atoms with Crippen LogP contribution in [0.2, 0.25) is 0 Å². The fourth-order valence-corrected chi connectivity index (χ4v) is 3.15. The monoisotopic (exact) mass is 294 g/mol. The molecule has 0 unspecified atom stereocenters. The maximum atomic E-state index is 5.97. The van der Waals surface area contributed by atoms with Gasteiger partial charge in [0, 0.05) is 11.1 Å². The Kier molecular flexibility index (Phi) is 4.54. The predicted molar refractivity (Wildman–Crippen MR) is 92.3 cm³/mol. The quantitative estimate of drug-likeness (QED) is 0.843. The number of allylic oxidation sites excluding steroid dienone is 4. The van der Waals surface area contributed by atoms with Crippen molar-refractivity contribution in [2.75, 3.05) is 19.7 Å². The molecule has 0 amide bonds. The van der Waals surface area contributed by atoms with Crippen molar-refractivity contribution in [1.29, 1.82) is 0 Å². The summed E-state index contributed by atoms with van der Waals surface area (Å²) in [7, 11) is 0. The highest BCUT2D eigenvalue weighted by molar-refractivity contribution is 5.88. The standard InChI is InChI=1S/C19H22N2O/c1-3-6-15-17(20-2)13-22-18-8-5-4-7-16(18)19(15)14-9-11-21-12-10-14/h3-8,21H,2,9-13H2,1H3/b6-3-. The number of nitrogens with zero attached hydrogens (tertiary/aromatic N) is 1. The van der Waals surface area contributed by atoms with Crippen molar-refractivity contribution in [3.63, 3.8) is 0 Å². The molecule has 3 nitrogen and oxygen atoms in total. The van der Waals surface area contributed by atoms with Gasteiger partial charge in [0.2, 0.25) is 0 Å². The Hall–Kier alpha value is -2.13. The molecule has 0 aromatic heterocycles. The van der Waals surface area contributed by atoms with Crippen molar-refractivity contribution >= 4 is 12.3 Å². The zero-order chi connectivity index (χ0) is 15.4. The van der Waals surface area contributed by atoms with Gasteiger partial charge in [-0.15, -0.1) is 0 Å². The summed E-state index contributed by atoms with van der Waals surface area (Å²) >= 11 is 0. The van der Waals surface area contributed by atoms with Gasteiger partial charge in [-0.05, 0) is 51.2 Å². The Morgan fingerprint density at radius 3 is 2.73 bits per heavy atom. The van der Waals surface area contributed by atoms with Crippen LogP contribution in [-0.2, 0) is 0 Å². The van der Waals surface area contributed by atoms with E-state index < -0.39 is 0 Å². The third kappa shape index (κ3) is 2.77. The summed E-state index contributed by atoms with van der Waals surface area (Å²) in [6.45, 7) is 8.31. The van der Waals surface area contributed by atoms with E-state index in [1.54, 1.807) is 0 Å². The molecule has 1 aromatic rings. The van der Waals surface area contributed by atoms with E-state index in [-0.39, 0.29) is 0 Å². The highest BCUT2D eigenvalue weighted by Crippen LogP contribution is 2.40. The predicted octanol–water partition coefficient (Wildman–Crippen LogP) is 3.75. The number of ether oxygens (including phenoxy) is 1. The number of piperidine rings is 1. The topological polar surface area (TPSA) is 33.6 Å². The summed E-state index contributed by atoms with van der Waals surface area (Å²) < 4.78 is 5.97. The van der Waals surface area contributed by atoms with Crippen LogP contribution in [0.5, 0.6) is 5.75 Å². The molecule has 22 heavy (non-hydrogen) atoms. The number of hydrogen-bond donors (Lipinski definition) is 1. The number of hydrogen-bond acceptors (Lipinski definition) is 3. The summed E-state index contributed by atoms with van der Waals surface area (Å²) in [5.74, 6) is 0.934. The van der Waals surface area contributed by atoms with Gasteiger partial charge >= 0.3 is 0 Å². The molecule has 2 aliphatic rings. The number of fused-ring (bicyclic) bond motifs is 1. The first kappa shape index (κ1) is 14.8. The van der Waals surface area contributed by atoms with Crippen molar-refractivity contribution < 1.29 is 4.74 Å². The lowest BCUT2D eigenvalue weighted by Gasteiger charge is -2.21. The Labute approximate surface area is 132 Å². The van der Waals surface area contributed by atoms with Gasteiger partial charge in [-0.1, -0.05) is 35.9 Å². The van der Waals surface area contributed by atoms with Gasteiger partial charge in [-0.2, -0.15) is 0 Å². The van der Waals surface area contributed by atoms with Gasteiger partial charge in [0.15, 0.2) is 0 Å². The first-order chi connectivity index (χ1) is 10.8. The molecule has 1 fully saturated rings. The fourth-order valence-electron chi connectivity index (χ4n) is 3.15. The van der Waals surface area contributed by atoms with Crippen LogP contribution in [0.15, 0.2) is 58.3 Å². The lowest BCUT2D eigenvalue weighted by Crippen LogP contribution is -2.24. The fraction of sp³-hybridized carbons (Fsp3) is 0.316. The second kappa shape index (κ2) is 6.75. The van der Waals surface area contributed by atoms with E-state index in [0.29, 0.717) is 6.61 Å². The Morgan fingerprint density at radius 2 is 2.00 bits per heavy atom. The molecule has 0 radical (unpaired) electrons. The molecule has 0 bridgehead atoms. The first-order valence-electron chi connectivity index (χ1n) is 7.83. The zero-order valence-corrected chi connectivity index (χ0v) is 13.1. The lowest BCUT2D eigenvalue weighted by molar-refractivity contribution is 0.351. The van der Waals surface area contributed by atoms with Crippen molar-refractivity contribution in [3.8, 4) is 5.75 Å². The molecular weight excluding hydrogens is 272 g/mol. The molecule has 0 atom stereocenters. The van der Waals surface area contributed by atoms with Crippen molar-refractivity contribution in [1.82, 2.24) is 5.32 Å². The number of aliphatic imine (C=N–C) groups is 1. The van der Waals surface area contributed by atoms with E-state index in [9.17, 15) is 0 Å². The molecule has 2 heterocycles. The molecule has 3 heteroatoms. The number of nitrogens with one attached hydrogen (secondary N) is 1. The lowest BCUT2D eigenvalue weighted by atomic mass is 9.87. The van der Waals surface area contributed by atoms with Crippen molar-refractivity contribution in [3.05, 3.63) is 58.8 Å². The minimum atomic E-state index is 0.467. The summed E-state index contributed by atoms with van der Waals surface area (Å²) in [4.78, 5) is 4.24. The van der Waals surface area contributed by atoms with Gasteiger partial charge in [0.25, 0.3) is 0 Å². The van der Waals surface area contributed by atoms with Crippen LogP contribution in [0.25, 0.3) is 5.57 Å². The minimum Gasteiger partial charge on any atom is -0.487 e. The van der Waals surface area contributed by atoms with E-state index >= 15 is 0 Å². The van der Waals surface area contributed by atoms with Gasteiger partial charge < -0.3 is 10.1 Å². The smallest absolute Gasteiger partial charge is 0.131 e. The molecule has 3 rings (SSSR count). The van der Waals surface area contributed by atoms with E-state index in [2.05, 4.69) is 41.3 Å². The molecule has 1 N–H and O–H groups in total. The molecule has 1 saturated heterocycles. The SMILES string of the molecule is C=NC1=C(/C=C\C)C(=C2CCNCC2)c2ccccc2OC1. The average molecular weight is 294 g/mol. The maximum Gasteiger partial charge on any atom is 0.131 e. The highest BCUT2D eigenvalue weighted by atomic mass is 16.5. The van der Waals surface area contributed by atoms with Crippen LogP contribution < -0.4 is 10.1 Å². The zero-order valence-electron chi connectivity index (χ0n) is 13.1. The molecule has 0 saturated carbocycles. The molecule has 2 aliphatic heterocycles. The third-order valence-corrected chi connectivity index (χ3v) is 4.19.